The van der Waals surface area contributed by atoms with Crippen LogP contribution in [0.15, 0.2) is 55.0 Å². The molecule has 8 heteroatoms. The van der Waals surface area contributed by atoms with Crippen molar-refractivity contribution in [3.05, 3.63) is 83.3 Å². The van der Waals surface area contributed by atoms with Gasteiger partial charge in [0.25, 0.3) is 0 Å². The highest BCUT2D eigenvalue weighted by Crippen LogP contribution is 2.40. The Balaban J connectivity index is 1.48. The normalized spacial score (nSPS) is 14.7. The first-order chi connectivity index (χ1) is 16.1. The number of nitrogens with zero attached hydrogens (tertiary/aromatic N) is 4. The van der Waals surface area contributed by atoms with E-state index in [-0.39, 0.29) is 11.7 Å². The molecule has 2 aromatic carbocycles. The number of imidazole rings is 1. The van der Waals surface area contributed by atoms with Crippen molar-refractivity contribution >= 4 is 17.5 Å². The number of ether oxygens (including phenoxy) is 1. The third-order valence-electron chi connectivity index (χ3n) is 5.99. The summed E-state index contributed by atoms with van der Waals surface area (Å²) in [5.74, 6) is 1.89. The quantitative estimate of drug-likeness (QED) is 0.437. The minimum Gasteiger partial charge on any atom is -0.494 e. The van der Waals surface area contributed by atoms with Crippen molar-refractivity contribution in [1.82, 2.24) is 19.5 Å². The molecule has 33 heavy (non-hydrogen) atoms. The second-order valence-electron chi connectivity index (χ2n) is 8.09. The van der Waals surface area contributed by atoms with Crippen LogP contribution in [0.3, 0.4) is 0 Å². The first-order valence-electron chi connectivity index (χ1n) is 10.9. The van der Waals surface area contributed by atoms with E-state index in [4.69, 9.17) is 14.7 Å². The maximum atomic E-state index is 13.4. The minimum absolute atomic E-state index is 0.109. The topological polar surface area (TPSA) is 76.9 Å². The van der Waals surface area contributed by atoms with Crippen LogP contribution in [0.1, 0.15) is 34.9 Å². The number of methoxy groups -OCH3 is 1. The Morgan fingerprint density at radius 1 is 1.12 bits per heavy atom. The lowest BCUT2D eigenvalue weighted by molar-refractivity contribution is 0.413. The van der Waals surface area contributed by atoms with Crippen LogP contribution in [0.4, 0.5) is 21.8 Å². The molecular weight excluding hydrogens is 419 g/mol. The maximum absolute atomic E-state index is 13.4. The molecule has 4 aromatic rings. The highest BCUT2D eigenvalue weighted by atomic mass is 19.1. The third-order valence-corrected chi connectivity index (χ3v) is 5.99. The highest BCUT2D eigenvalue weighted by Gasteiger charge is 2.29. The van der Waals surface area contributed by atoms with Crippen LogP contribution in [0.2, 0.25) is 0 Å². The molecule has 0 amide bonds. The Morgan fingerprint density at radius 3 is 2.64 bits per heavy atom. The summed E-state index contributed by atoms with van der Waals surface area (Å²) in [4.78, 5) is 13.8. The van der Waals surface area contributed by atoms with Gasteiger partial charge in [0.1, 0.15) is 17.4 Å². The number of hydrogen-bond donors (Lipinski definition) is 2. The van der Waals surface area contributed by atoms with Gasteiger partial charge in [0, 0.05) is 36.5 Å². The number of fused-ring (bicyclic) bond motifs is 1. The number of hydrogen-bond acceptors (Lipinski definition) is 6. The SMILES string of the molecule is CNc1nc(Nc2ccc(-n3cnc(C)c3)c(OC)c2)nc2c1CCC2c1ccc(F)cc1. The highest BCUT2D eigenvalue weighted by molar-refractivity contribution is 5.64. The molecule has 1 aliphatic carbocycles. The van der Waals surface area contributed by atoms with Gasteiger partial charge in [0.2, 0.25) is 5.95 Å². The number of aryl methyl sites for hydroxylation is 1. The summed E-state index contributed by atoms with van der Waals surface area (Å²) in [6.45, 7) is 1.95. The van der Waals surface area contributed by atoms with E-state index in [0.29, 0.717) is 11.7 Å². The van der Waals surface area contributed by atoms with Crippen molar-refractivity contribution in [2.24, 2.45) is 0 Å². The molecule has 0 aliphatic heterocycles. The number of aromatic nitrogens is 4. The van der Waals surface area contributed by atoms with E-state index in [2.05, 4.69) is 15.6 Å². The lowest BCUT2D eigenvalue weighted by atomic mass is 9.97. The van der Waals surface area contributed by atoms with Gasteiger partial charge in [-0.25, -0.2) is 14.4 Å². The maximum Gasteiger partial charge on any atom is 0.229 e. The van der Waals surface area contributed by atoms with Crippen molar-refractivity contribution in [1.29, 1.82) is 0 Å². The van der Waals surface area contributed by atoms with Crippen LogP contribution in [0.5, 0.6) is 5.75 Å². The summed E-state index contributed by atoms with van der Waals surface area (Å²) in [5.41, 5.74) is 5.78. The molecule has 1 aliphatic rings. The fourth-order valence-corrected chi connectivity index (χ4v) is 4.39. The van der Waals surface area contributed by atoms with Crippen LogP contribution in [0.25, 0.3) is 5.69 Å². The molecule has 0 saturated heterocycles. The Labute approximate surface area is 191 Å². The minimum atomic E-state index is -0.235. The van der Waals surface area contributed by atoms with Crippen molar-refractivity contribution in [3.63, 3.8) is 0 Å². The van der Waals surface area contributed by atoms with E-state index in [0.717, 1.165) is 52.5 Å². The first-order valence-corrected chi connectivity index (χ1v) is 10.9. The third kappa shape index (κ3) is 4.00. The number of anilines is 3. The fraction of sp³-hybridized carbons (Fsp3) is 0.240. The van der Waals surface area contributed by atoms with E-state index in [1.807, 2.05) is 55.1 Å². The predicted octanol–water partition coefficient (Wildman–Crippen LogP) is 4.98. The number of benzene rings is 2. The zero-order valence-corrected chi connectivity index (χ0v) is 18.8. The Kier molecular flexibility index (Phi) is 5.42. The van der Waals surface area contributed by atoms with Crippen molar-refractivity contribution in [2.75, 3.05) is 24.8 Å². The summed E-state index contributed by atoms with van der Waals surface area (Å²) in [6.07, 6.45) is 5.50. The van der Waals surface area contributed by atoms with E-state index in [1.165, 1.54) is 12.1 Å². The predicted molar refractivity (Wildman–Crippen MR) is 126 cm³/mol. The largest absolute Gasteiger partial charge is 0.494 e. The van der Waals surface area contributed by atoms with E-state index in [9.17, 15) is 4.39 Å². The van der Waals surface area contributed by atoms with Crippen LogP contribution in [-0.4, -0.2) is 33.7 Å². The standard InChI is InChI=1S/C25H25FN6O/c1-15-13-32(14-28-15)21-11-8-18(12-22(21)33-3)29-25-30-23-19(16-4-6-17(26)7-5-16)9-10-20(23)24(27-2)31-25/h4-8,11-14,19H,9-10H2,1-3H3,(H2,27,29,30,31). The van der Waals surface area contributed by atoms with Crippen LogP contribution < -0.4 is 15.4 Å². The summed E-state index contributed by atoms with van der Waals surface area (Å²) >= 11 is 0. The Bertz CT molecular complexity index is 1300. The van der Waals surface area contributed by atoms with Crippen LogP contribution >= 0.6 is 0 Å². The van der Waals surface area contributed by atoms with Gasteiger partial charge in [-0.3, -0.25) is 0 Å². The molecule has 1 atom stereocenters. The molecule has 2 N–H and O–H groups in total. The van der Waals surface area contributed by atoms with Gasteiger partial charge in [-0.05, 0) is 49.6 Å². The molecular formula is C25H25FN6O. The molecule has 0 spiro atoms. The Morgan fingerprint density at radius 2 is 1.94 bits per heavy atom. The van der Waals surface area contributed by atoms with Crippen molar-refractivity contribution in [3.8, 4) is 11.4 Å². The zero-order chi connectivity index (χ0) is 22.9. The monoisotopic (exact) mass is 444 g/mol. The lowest BCUT2D eigenvalue weighted by Crippen LogP contribution is -2.08. The average Bonchev–Trinajstić information content (AvgIpc) is 3.45. The second kappa shape index (κ2) is 8.54. The van der Waals surface area contributed by atoms with Crippen molar-refractivity contribution in [2.45, 2.75) is 25.7 Å². The van der Waals surface area contributed by atoms with Crippen LogP contribution in [-0.2, 0) is 6.42 Å². The molecule has 0 saturated carbocycles. The van der Waals surface area contributed by atoms with Gasteiger partial charge in [0.05, 0.1) is 30.5 Å². The molecule has 5 rings (SSSR count). The van der Waals surface area contributed by atoms with Crippen LogP contribution in [0, 0.1) is 12.7 Å². The number of nitrogens with one attached hydrogen (secondary N) is 2. The number of rotatable bonds is 6. The Hall–Kier alpha value is -3.94. The molecule has 0 radical (unpaired) electrons. The first kappa shape index (κ1) is 20.9. The molecule has 2 heterocycles. The summed E-state index contributed by atoms with van der Waals surface area (Å²) in [7, 11) is 3.51. The van der Waals surface area contributed by atoms with Crippen molar-refractivity contribution < 1.29 is 9.13 Å². The van der Waals surface area contributed by atoms with Gasteiger partial charge in [-0.1, -0.05) is 12.1 Å². The average molecular weight is 445 g/mol. The molecule has 1 unspecified atom stereocenters. The lowest BCUT2D eigenvalue weighted by Gasteiger charge is -2.16. The van der Waals surface area contributed by atoms with Gasteiger partial charge >= 0.3 is 0 Å². The van der Waals surface area contributed by atoms with Gasteiger partial charge < -0.3 is 19.9 Å². The van der Waals surface area contributed by atoms with E-state index in [1.54, 1.807) is 13.4 Å². The second-order valence-corrected chi connectivity index (χ2v) is 8.09. The van der Waals surface area contributed by atoms with E-state index >= 15 is 0 Å². The molecule has 2 aromatic heterocycles. The van der Waals surface area contributed by atoms with Gasteiger partial charge in [0.15, 0.2) is 0 Å². The zero-order valence-electron chi connectivity index (χ0n) is 18.8. The summed E-state index contributed by atoms with van der Waals surface area (Å²) in [6, 6.07) is 12.5. The number of halogens is 1. The van der Waals surface area contributed by atoms with Gasteiger partial charge in [-0.15, -0.1) is 0 Å². The van der Waals surface area contributed by atoms with Gasteiger partial charge in [-0.2, -0.15) is 4.98 Å². The molecule has 7 nitrogen and oxygen atoms in total. The fourth-order valence-electron chi connectivity index (χ4n) is 4.39. The van der Waals surface area contributed by atoms with E-state index < -0.39 is 0 Å². The smallest absolute Gasteiger partial charge is 0.229 e. The molecule has 168 valence electrons. The summed E-state index contributed by atoms with van der Waals surface area (Å²) in [5, 5.41) is 6.53. The summed E-state index contributed by atoms with van der Waals surface area (Å²) < 4.78 is 21.0. The molecule has 0 bridgehead atoms. The molecule has 0 fully saturated rings.